The molecule has 60 valence electrons. The highest BCUT2D eigenvalue weighted by atomic mass is 79.9. The molecular weight excluding hydrogens is 226 g/mol. The molecule has 1 atom stereocenters. The first kappa shape index (κ1) is 7.61. The van der Waals surface area contributed by atoms with E-state index in [1.807, 2.05) is 0 Å². The van der Waals surface area contributed by atoms with Crippen molar-refractivity contribution in [2.45, 2.75) is 23.4 Å². The highest BCUT2D eigenvalue weighted by molar-refractivity contribution is 9.09. The van der Waals surface area contributed by atoms with Gasteiger partial charge in [0.05, 0.1) is 0 Å². The molecule has 0 saturated carbocycles. The Morgan fingerprint density at radius 1 is 1.91 bits per heavy atom. The summed E-state index contributed by atoms with van der Waals surface area (Å²) in [5.41, 5.74) is 0. The predicted octanol–water partition coefficient (Wildman–Crippen LogP) is 1.54. The van der Waals surface area contributed by atoms with Crippen molar-refractivity contribution >= 4 is 27.7 Å². The number of thioether (sulfide) groups is 1. The SMILES string of the molecule is CC1(CBr)Cn2cnnc2S1. The lowest BCUT2D eigenvalue weighted by atomic mass is 10.2. The van der Waals surface area contributed by atoms with E-state index < -0.39 is 0 Å². The average molecular weight is 234 g/mol. The molecule has 2 rings (SSSR count). The lowest BCUT2D eigenvalue weighted by molar-refractivity contribution is 0.578. The molecule has 1 aromatic heterocycles. The molecule has 2 heterocycles. The first-order valence-corrected chi connectivity index (χ1v) is 5.30. The number of rotatable bonds is 1. The van der Waals surface area contributed by atoms with E-state index in [1.54, 1.807) is 18.1 Å². The van der Waals surface area contributed by atoms with Crippen LogP contribution >= 0.6 is 27.7 Å². The number of hydrogen-bond acceptors (Lipinski definition) is 3. The summed E-state index contributed by atoms with van der Waals surface area (Å²) >= 11 is 5.28. The molecule has 1 aromatic rings. The van der Waals surface area contributed by atoms with E-state index >= 15 is 0 Å². The van der Waals surface area contributed by atoms with Crippen molar-refractivity contribution in [2.24, 2.45) is 0 Å². The molecule has 1 unspecified atom stereocenters. The fourth-order valence-corrected chi connectivity index (χ4v) is 2.65. The van der Waals surface area contributed by atoms with Gasteiger partial charge >= 0.3 is 0 Å². The molecule has 5 heteroatoms. The second-order valence-corrected chi connectivity index (χ2v) is 5.04. The third kappa shape index (κ3) is 1.20. The second kappa shape index (κ2) is 2.48. The molecule has 0 fully saturated rings. The van der Waals surface area contributed by atoms with E-state index in [2.05, 4.69) is 37.6 Å². The van der Waals surface area contributed by atoms with Gasteiger partial charge in [-0.3, -0.25) is 0 Å². The molecular formula is C6H8BrN3S. The van der Waals surface area contributed by atoms with Gasteiger partial charge in [-0.25, -0.2) is 0 Å². The largest absolute Gasteiger partial charge is 0.307 e. The van der Waals surface area contributed by atoms with E-state index in [-0.39, 0.29) is 4.75 Å². The Kier molecular flexibility index (Phi) is 1.72. The Balaban J connectivity index is 2.28. The quantitative estimate of drug-likeness (QED) is 0.690. The minimum Gasteiger partial charge on any atom is -0.307 e. The van der Waals surface area contributed by atoms with Crippen molar-refractivity contribution in [3.05, 3.63) is 6.33 Å². The molecule has 3 nitrogen and oxygen atoms in total. The number of aromatic nitrogens is 3. The molecule has 0 N–H and O–H groups in total. The summed E-state index contributed by atoms with van der Waals surface area (Å²) in [5.74, 6) is 0. The fourth-order valence-electron chi connectivity index (χ4n) is 1.11. The molecule has 0 bridgehead atoms. The van der Waals surface area contributed by atoms with Crippen LogP contribution in [0.3, 0.4) is 0 Å². The van der Waals surface area contributed by atoms with E-state index in [1.165, 1.54) is 0 Å². The van der Waals surface area contributed by atoms with Crippen molar-refractivity contribution in [2.75, 3.05) is 5.33 Å². The van der Waals surface area contributed by atoms with Crippen molar-refractivity contribution in [3.63, 3.8) is 0 Å². The Bertz CT molecular complexity index is 252. The van der Waals surface area contributed by atoms with Crippen LogP contribution in [0.5, 0.6) is 0 Å². The minimum atomic E-state index is 0.269. The summed E-state index contributed by atoms with van der Waals surface area (Å²) in [6.45, 7) is 3.23. The van der Waals surface area contributed by atoms with Gasteiger partial charge in [0, 0.05) is 16.6 Å². The molecule has 0 amide bonds. The summed E-state index contributed by atoms with van der Waals surface area (Å²) in [4.78, 5) is 0. The van der Waals surface area contributed by atoms with Crippen molar-refractivity contribution in [3.8, 4) is 0 Å². The van der Waals surface area contributed by atoms with E-state index in [0.717, 1.165) is 17.0 Å². The van der Waals surface area contributed by atoms with Gasteiger partial charge in [0.15, 0.2) is 5.16 Å². The summed E-state index contributed by atoms with van der Waals surface area (Å²) in [7, 11) is 0. The lowest BCUT2D eigenvalue weighted by Gasteiger charge is -2.16. The zero-order valence-corrected chi connectivity index (χ0v) is 8.52. The van der Waals surface area contributed by atoms with Gasteiger partial charge in [-0.05, 0) is 6.92 Å². The van der Waals surface area contributed by atoms with Crippen LogP contribution in [0.1, 0.15) is 6.92 Å². The van der Waals surface area contributed by atoms with E-state index in [4.69, 9.17) is 0 Å². The first-order valence-electron chi connectivity index (χ1n) is 3.36. The lowest BCUT2D eigenvalue weighted by Crippen LogP contribution is -2.22. The zero-order chi connectivity index (χ0) is 7.90. The second-order valence-electron chi connectivity index (χ2n) is 2.93. The van der Waals surface area contributed by atoms with Crippen LogP contribution < -0.4 is 0 Å². The zero-order valence-electron chi connectivity index (χ0n) is 6.12. The first-order chi connectivity index (χ1) is 5.23. The van der Waals surface area contributed by atoms with Gasteiger partial charge in [0.2, 0.25) is 0 Å². The Morgan fingerprint density at radius 3 is 3.36 bits per heavy atom. The third-order valence-electron chi connectivity index (χ3n) is 1.71. The maximum Gasteiger partial charge on any atom is 0.191 e. The molecule has 11 heavy (non-hydrogen) atoms. The molecule has 0 saturated heterocycles. The summed E-state index contributed by atoms with van der Waals surface area (Å²) < 4.78 is 2.36. The van der Waals surface area contributed by atoms with Gasteiger partial charge in [0.25, 0.3) is 0 Å². The summed E-state index contributed by atoms with van der Waals surface area (Å²) in [6, 6.07) is 0. The normalized spacial score (nSPS) is 28.9. The minimum absolute atomic E-state index is 0.269. The average Bonchev–Trinajstić information content (AvgIpc) is 2.46. The van der Waals surface area contributed by atoms with Crippen LogP contribution in [0, 0.1) is 0 Å². The molecule has 0 aliphatic carbocycles. The maximum absolute atomic E-state index is 4.00. The molecule has 1 aliphatic rings. The van der Waals surface area contributed by atoms with Crippen molar-refractivity contribution in [1.82, 2.24) is 14.8 Å². The van der Waals surface area contributed by atoms with Crippen LogP contribution in [-0.2, 0) is 6.54 Å². The van der Waals surface area contributed by atoms with Gasteiger partial charge < -0.3 is 4.57 Å². The standard InChI is InChI=1S/C6H8BrN3S/c1-6(2-7)3-10-4-8-9-5(10)11-6/h4H,2-3H2,1H3. The number of alkyl halides is 1. The van der Waals surface area contributed by atoms with Gasteiger partial charge in [-0.15, -0.1) is 10.2 Å². The van der Waals surface area contributed by atoms with Gasteiger partial charge in [-0.2, -0.15) is 0 Å². The topological polar surface area (TPSA) is 30.7 Å². The predicted molar refractivity (Wildman–Crippen MR) is 48.1 cm³/mol. The summed E-state index contributed by atoms with van der Waals surface area (Å²) in [6.07, 6.45) is 1.79. The number of fused-ring (bicyclic) bond motifs is 1. The molecule has 0 radical (unpaired) electrons. The highest BCUT2D eigenvalue weighted by Gasteiger charge is 2.34. The van der Waals surface area contributed by atoms with Crippen LogP contribution in [0.2, 0.25) is 0 Å². The Morgan fingerprint density at radius 2 is 2.73 bits per heavy atom. The van der Waals surface area contributed by atoms with Gasteiger partial charge in [-0.1, -0.05) is 27.7 Å². The smallest absolute Gasteiger partial charge is 0.191 e. The van der Waals surface area contributed by atoms with E-state index in [0.29, 0.717) is 0 Å². The Labute approximate surface area is 77.7 Å². The highest BCUT2D eigenvalue weighted by Crippen LogP contribution is 2.40. The maximum atomic E-state index is 4.00. The Hall–Kier alpha value is -0.0300. The van der Waals surface area contributed by atoms with Crippen LogP contribution in [0.4, 0.5) is 0 Å². The van der Waals surface area contributed by atoms with Gasteiger partial charge in [0.1, 0.15) is 6.33 Å². The number of halogens is 1. The number of hydrogen-bond donors (Lipinski definition) is 0. The molecule has 0 spiro atoms. The number of nitrogens with zero attached hydrogens (tertiary/aromatic N) is 3. The molecule has 1 aliphatic heterocycles. The monoisotopic (exact) mass is 233 g/mol. The van der Waals surface area contributed by atoms with Crippen LogP contribution in [0.25, 0.3) is 0 Å². The van der Waals surface area contributed by atoms with Crippen LogP contribution in [-0.4, -0.2) is 24.8 Å². The van der Waals surface area contributed by atoms with Crippen molar-refractivity contribution in [1.29, 1.82) is 0 Å². The van der Waals surface area contributed by atoms with E-state index in [9.17, 15) is 0 Å². The summed E-state index contributed by atoms with van der Waals surface area (Å²) in [5, 5.41) is 9.84. The molecule has 0 aromatic carbocycles. The van der Waals surface area contributed by atoms with Crippen LogP contribution in [0.15, 0.2) is 11.5 Å². The third-order valence-corrected chi connectivity index (χ3v) is 4.58. The van der Waals surface area contributed by atoms with Crippen molar-refractivity contribution < 1.29 is 0 Å². The fraction of sp³-hybridized carbons (Fsp3) is 0.667.